The van der Waals surface area contributed by atoms with E-state index in [1.165, 1.54) is 12.4 Å². The van der Waals surface area contributed by atoms with Gasteiger partial charge in [-0.3, -0.25) is 9.71 Å². The van der Waals surface area contributed by atoms with Crippen molar-refractivity contribution in [3.05, 3.63) is 42.7 Å². The normalized spacial score (nSPS) is 11.0. The predicted molar refractivity (Wildman–Crippen MR) is 85.4 cm³/mol. The molecular formula is C14H18N4O2S. The second-order valence-corrected chi connectivity index (χ2v) is 6.32. The van der Waals surface area contributed by atoms with Crippen LogP contribution in [0.25, 0.3) is 0 Å². The highest BCUT2D eigenvalue weighted by Crippen LogP contribution is 2.24. The van der Waals surface area contributed by atoms with Gasteiger partial charge in [-0.05, 0) is 24.3 Å². The van der Waals surface area contributed by atoms with Crippen molar-refractivity contribution in [2.75, 3.05) is 36.1 Å². The Bertz CT molecular complexity index is 729. The molecule has 0 aliphatic rings. The first-order valence-electron chi connectivity index (χ1n) is 6.36. The number of benzene rings is 1. The fourth-order valence-corrected chi connectivity index (χ4v) is 3.06. The molecule has 0 spiro atoms. The minimum atomic E-state index is -3.69. The standard InChI is InChI=1S/C14H18N4O2S/c1-15-13-7-8-16-10-14(13)21(19,20)17-11-5-4-6-12(9-11)18(2)3/h4-10,17H,1-3H3,(H,15,16). The van der Waals surface area contributed by atoms with Crippen molar-refractivity contribution >= 4 is 27.1 Å². The molecule has 0 unspecified atom stereocenters. The van der Waals surface area contributed by atoms with E-state index in [0.717, 1.165) is 5.69 Å². The molecule has 0 fully saturated rings. The van der Waals surface area contributed by atoms with Crippen LogP contribution in [-0.4, -0.2) is 34.5 Å². The van der Waals surface area contributed by atoms with Gasteiger partial charge in [-0.2, -0.15) is 0 Å². The van der Waals surface area contributed by atoms with Crippen molar-refractivity contribution in [1.82, 2.24) is 4.98 Å². The summed E-state index contributed by atoms with van der Waals surface area (Å²) < 4.78 is 27.5. The third-order valence-corrected chi connectivity index (χ3v) is 4.37. The van der Waals surface area contributed by atoms with Crippen molar-refractivity contribution in [3.8, 4) is 0 Å². The summed E-state index contributed by atoms with van der Waals surface area (Å²) in [7, 11) is 1.77. The van der Waals surface area contributed by atoms with E-state index in [9.17, 15) is 8.42 Å². The van der Waals surface area contributed by atoms with Crippen LogP contribution in [0.3, 0.4) is 0 Å². The first-order valence-corrected chi connectivity index (χ1v) is 7.84. The van der Waals surface area contributed by atoms with E-state index < -0.39 is 10.0 Å². The van der Waals surface area contributed by atoms with Crippen molar-refractivity contribution in [2.45, 2.75) is 4.90 Å². The Morgan fingerprint density at radius 1 is 1.19 bits per heavy atom. The Morgan fingerprint density at radius 3 is 2.62 bits per heavy atom. The van der Waals surface area contributed by atoms with Crippen LogP contribution >= 0.6 is 0 Å². The van der Waals surface area contributed by atoms with Crippen molar-refractivity contribution in [3.63, 3.8) is 0 Å². The van der Waals surface area contributed by atoms with Crippen LogP contribution in [-0.2, 0) is 10.0 Å². The zero-order valence-corrected chi connectivity index (χ0v) is 13.0. The van der Waals surface area contributed by atoms with Gasteiger partial charge in [0.1, 0.15) is 4.90 Å². The molecule has 0 atom stereocenters. The van der Waals surface area contributed by atoms with E-state index in [1.807, 2.05) is 25.1 Å². The average Bonchev–Trinajstić information content (AvgIpc) is 2.47. The Balaban J connectivity index is 2.35. The molecule has 21 heavy (non-hydrogen) atoms. The van der Waals surface area contributed by atoms with E-state index in [2.05, 4.69) is 15.0 Å². The third-order valence-electron chi connectivity index (χ3n) is 2.96. The van der Waals surface area contributed by atoms with Gasteiger partial charge in [0.25, 0.3) is 10.0 Å². The van der Waals surface area contributed by atoms with Crippen molar-refractivity contribution in [2.24, 2.45) is 0 Å². The van der Waals surface area contributed by atoms with Crippen LogP contribution < -0.4 is 14.9 Å². The first-order chi connectivity index (χ1) is 9.94. The summed E-state index contributed by atoms with van der Waals surface area (Å²) in [4.78, 5) is 5.90. The van der Waals surface area contributed by atoms with E-state index >= 15 is 0 Å². The number of nitrogens with one attached hydrogen (secondary N) is 2. The van der Waals surface area contributed by atoms with E-state index in [4.69, 9.17) is 0 Å². The van der Waals surface area contributed by atoms with Crippen LogP contribution in [0, 0.1) is 0 Å². The molecule has 1 aromatic heterocycles. The van der Waals surface area contributed by atoms with Crippen LogP contribution in [0.2, 0.25) is 0 Å². The van der Waals surface area contributed by atoms with E-state index in [1.54, 1.807) is 31.3 Å². The smallest absolute Gasteiger partial charge is 0.265 e. The lowest BCUT2D eigenvalue weighted by atomic mass is 10.3. The maximum Gasteiger partial charge on any atom is 0.265 e. The predicted octanol–water partition coefficient (Wildman–Crippen LogP) is 1.99. The van der Waals surface area contributed by atoms with E-state index in [0.29, 0.717) is 11.4 Å². The zero-order valence-electron chi connectivity index (χ0n) is 12.2. The van der Waals surface area contributed by atoms with Crippen LogP contribution in [0.5, 0.6) is 0 Å². The van der Waals surface area contributed by atoms with Gasteiger partial charge in [0, 0.05) is 39.2 Å². The number of rotatable bonds is 5. The fraction of sp³-hybridized carbons (Fsp3) is 0.214. The Kier molecular flexibility index (Phi) is 4.32. The van der Waals surface area contributed by atoms with E-state index in [-0.39, 0.29) is 4.90 Å². The van der Waals surface area contributed by atoms with Gasteiger partial charge >= 0.3 is 0 Å². The molecule has 2 aromatic rings. The molecule has 0 aliphatic carbocycles. The average molecular weight is 306 g/mol. The molecule has 0 saturated heterocycles. The minimum Gasteiger partial charge on any atom is -0.387 e. The molecule has 1 heterocycles. The number of anilines is 3. The monoisotopic (exact) mass is 306 g/mol. The largest absolute Gasteiger partial charge is 0.387 e. The number of hydrogen-bond donors (Lipinski definition) is 2. The van der Waals surface area contributed by atoms with Gasteiger partial charge < -0.3 is 10.2 Å². The highest BCUT2D eigenvalue weighted by molar-refractivity contribution is 7.92. The van der Waals surface area contributed by atoms with Gasteiger partial charge in [0.15, 0.2) is 0 Å². The number of nitrogens with zero attached hydrogens (tertiary/aromatic N) is 2. The SMILES string of the molecule is CNc1ccncc1S(=O)(=O)Nc1cccc(N(C)C)c1. The molecule has 0 aliphatic heterocycles. The molecule has 7 heteroatoms. The van der Waals surface area contributed by atoms with Crippen LogP contribution in [0.15, 0.2) is 47.6 Å². The lowest BCUT2D eigenvalue weighted by Crippen LogP contribution is -2.15. The fourth-order valence-electron chi connectivity index (χ4n) is 1.86. The zero-order chi connectivity index (χ0) is 15.5. The minimum absolute atomic E-state index is 0.114. The molecule has 0 bridgehead atoms. The maximum atomic E-state index is 12.5. The molecular weight excluding hydrogens is 288 g/mol. The number of pyridine rings is 1. The summed E-state index contributed by atoms with van der Waals surface area (Å²) in [6.45, 7) is 0. The van der Waals surface area contributed by atoms with Gasteiger partial charge in [-0.1, -0.05) is 6.07 Å². The number of hydrogen-bond acceptors (Lipinski definition) is 5. The summed E-state index contributed by atoms with van der Waals surface area (Å²) in [5.41, 5.74) is 1.92. The molecule has 6 nitrogen and oxygen atoms in total. The molecule has 1 aromatic carbocycles. The van der Waals surface area contributed by atoms with Gasteiger partial charge in [-0.15, -0.1) is 0 Å². The first kappa shape index (κ1) is 15.1. The highest BCUT2D eigenvalue weighted by atomic mass is 32.2. The quantitative estimate of drug-likeness (QED) is 0.883. The van der Waals surface area contributed by atoms with Gasteiger partial charge in [-0.25, -0.2) is 8.42 Å². The summed E-state index contributed by atoms with van der Waals surface area (Å²) in [5.74, 6) is 0. The van der Waals surface area contributed by atoms with Gasteiger partial charge in [0.2, 0.25) is 0 Å². The topological polar surface area (TPSA) is 74.3 Å². The summed E-state index contributed by atoms with van der Waals surface area (Å²) in [6, 6.07) is 8.80. The molecule has 2 N–H and O–H groups in total. The number of sulfonamides is 1. The van der Waals surface area contributed by atoms with Crippen LogP contribution in [0.1, 0.15) is 0 Å². The molecule has 0 saturated carbocycles. The summed E-state index contributed by atoms with van der Waals surface area (Å²) in [5, 5.41) is 2.85. The molecule has 112 valence electrons. The second-order valence-electron chi connectivity index (χ2n) is 4.67. The summed E-state index contributed by atoms with van der Waals surface area (Å²) in [6.07, 6.45) is 2.86. The summed E-state index contributed by atoms with van der Waals surface area (Å²) >= 11 is 0. The molecule has 2 rings (SSSR count). The maximum absolute atomic E-state index is 12.5. The Labute approximate surface area is 124 Å². The second kappa shape index (κ2) is 6.01. The molecule has 0 radical (unpaired) electrons. The highest BCUT2D eigenvalue weighted by Gasteiger charge is 2.18. The number of aromatic nitrogens is 1. The van der Waals surface area contributed by atoms with Crippen molar-refractivity contribution < 1.29 is 8.42 Å². The Morgan fingerprint density at radius 2 is 1.95 bits per heavy atom. The lowest BCUT2D eigenvalue weighted by molar-refractivity contribution is 0.601. The van der Waals surface area contributed by atoms with Gasteiger partial charge in [0.05, 0.1) is 11.4 Å². The lowest BCUT2D eigenvalue weighted by Gasteiger charge is -2.15. The van der Waals surface area contributed by atoms with Crippen LogP contribution in [0.4, 0.5) is 17.1 Å². The Hall–Kier alpha value is -2.28. The molecule has 0 amide bonds. The third kappa shape index (κ3) is 3.43. The van der Waals surface area contributed by atoms with Crippen molar-refractivity contribution in [1.29, 1.82) is 0 Å².